The molecule has 1 aliphatic carbocycles. The van der Waals surface area contributed by atoms with Crippen LogP contribution >= 0.6 is 0 Å². The zero-order chi connectivity index (χ0) is 19.9. The van der Waals surface area contributed by atoms with E-state index in [-0.39, 0.29) is 23.2 Å². The van der Waals surface area contributed by atoms with E-state index in [1.807, 2.05) is 12.1 Å². The molecule has 150 valence electrons. The minimum absolute atomic E-state index is 0.0311. The molecule has 0 unspecified atom stereocenters. The number of carbonyl (C=O) groups excluding carboxylic acids is 1. The minimum atomic E-state index is -0.736. The van der Waals surface area contributed by atoms with E-state index in [4.69, 9.17) is 4.74 Å². The summed E-state index contributed by atoms with van der Waals surface area (Å²) < 4.78 is 5.71. The molecule has 1 amide bonds. The lowest BCUT2D eigenvalue weighted by atomic mass is 9.79. The number of benzene rings is 1. The molecule has 2 N–H and O–H groups in total. The van der Waals surface area contributed by atoms with Gasteiger partial charge in [-0.1, -0.05) is 45.7 Å². The fraction of sp³-hybridized carbons (Fsp3) is 0.636. The number of aliphatic carboxylic acids is 1. The first-order valence-corrected chi connectivity index (χ1v) is 10.00. The number of carboxylic acid groups (broad SMARTS) is 1. The third-order valence-corrected chi connectivity index (χ3v) is 5.32. The van der Waals surface area contributed by atoms with E-state index in [1.54, 1.807) is 0 Å². The normalized spacial score (nSPS) is 20.1. The first-order chi connectivity index (χ1) is 12.8. The van der Waals surface area contributed by atoms with Crippen molar-refractivity contribution >= 4 is 11.9 Å². The molecular formula is C22H33NO4. The summed E-state index contributed by atoms with van der Waals surface area (Å²) in [4.78, 5) is 23.3. The molecule has 0 radical (unpaired) electrons. The van der Waals surface area contributed by atoms with Gasteiger partial charge in [-0.25, -0.2) is 0 Å². The van der Waals surface area contributed by atoms with E-state index in [0.717, 1.165) is 31.4 Å². The highest BCUT2D eigenvalue weighted by Gasteiger charge is 2.30. The Kier molecular flexibility index (Phi) is 7.69. The lowest BCUT2D eigenvalue weighted by Gasteiger charge is -2.28. The predicted octanol–water partition coefficient (Wildman–Crippen LogP) is 4.15. The van der Waals surface area contributed by atoms with Crippen molar-refractivity contribution in [3.05, 3.63) is 29.8 Å². The van der Waals surface area contributed by atoms with Gasteiger partial charge in [-0.2, -0.15) is 0 Å². The first kappa shape index (κ1) is 21.3. The molecule has 2 atom stereocenters. The van der Waals surface area contributed by atoms with Gasteiger partial charge < -0.3 is 15.2 Å². The Morgan fingerprint density at radius 3 is 2.44 bits per heavy atom. The van der Waals surface area contributed by atoms with E-state index in [9.17, 15) is 14.7 Å². The highest BCUT2D eigenvalue weighted by molar-refractivity contribution is 5.76. The summed E-state index contributed by atoms with van der Waals surface area (Å²) in [6.07, 6.45) is 4.65. The Bertz CT molecular complexity index is 618. The Balaban J connectivity index is 1.65. The van der Waals surface area contributed by atoms with Crippen LogP contribution in [-0.4, -0.2) is 30.1 Å². The van der Waals surface area contributed by atoms with Crippen LogP contribution in [-0.2, 0) is 15.0 Å². The minimum Gasteiger partial charge on any atom is -0.494 e. The molecular weight excluding hydrogens is 342 g/mol. The van der Waals surface area contributed by atoms with Crippen molar-refractivity contribution in [2.24, 2.45) is 11.8 Å². The second-order valence-electron chi connectivity index (χ2n) is 8.52. The zero-order valence-electron chi connectivity index (χ0n) is 16.8. The maximum atomic E-state index is 12.0. The van der Waals surface area contributed by atoms with E-state index in [2.05, 4.69) is 38.2 Å². The van der Waals surface area contributed by atoms with Crippen molar-refractivity contribution in [2.45, 2.75) is 64.7 Å². The van der Waals surface area contributed by atoms with Crippen LogP contribution in [0.2, 0.25) is 0 Å². The molecule has 1 fully saturated rings. The Morgan fingerprint density at radius 2 is 1.81 bits per heavy atom. The molecule has 0 aromatic heterocycles. The number of nitrogens with one attached hydrogen (secondary N) is 1. The molecule has 0 bridgehead atoms. The van der Waals surface area contributed by atoms with Crippen molar-refractivity contribution in [1.29, 1.82) is 0 Å². The maximum Gasteiger partial charge on any atom is 0.306 e. The van der Waals surface area contributed by atoms with E-state index < -0.39 is 5.97 Å². The molecule has 27 heavy (non-hydrogen) atoms. The molecule has 1 aromatic rings. The van der Waals surface area contributed by atoms with Crippen LogP contribution in [0.15, 0.2) is 24.3 Å². The van der Waals surface area contributed by atoms with Crippen molar-refractivity contribution < 1.29 is 19.4 Å². The fourth-order valence-corrected chi connectivity index (χ4v) is 3.58. The molecule has 0 saturated heterocycles. The summed E-state index contributed by atoms with van der Waals surface area (Å²) >= 11 is 0. The fourth-order valence-electron chi connectivity index (χ4n) is 3.58. The van der Waals surface area contributed by atoms with Crippen molar-refractivity contribution in [3.63, 3.8) is 0 Å². The quantitative estimate of drug-likeness (QED) is 0.669. The third-order valence-electron chi connectivity index (χ3n) is 5.32. The van der Waals surface area contributed by atoms with Crippen LogP contribution in [0.5, 0.6) is 5.75 Å². The SMILES string of the molecule is CC(C)(C)c1ccc(OCCCC(=O)NC[C@@H]2CCCC[C@@H]2C(=O)O)cc1. The number of carboxylic acids is 1. The van der Waals surface area contributed by atoms with E-state index in [1.165, 1.54) is 5.56 Å². The van der Waals surface area contributed by atoms with Gasteiger partial charge in [0, 0.05) is 13.0 Å². The smallest absolute Gasteiger partial charge is 0.306 e. The molecule has 0 spiro atoms. The van der Waals surface area contributed by atoms with Crippen LogP contribution in [0.25, 0.3) is 0 Å². The Labute approximate surface area is 162 Å². The third kappa shape index (κ3) is 6.89. The summed E-state index contributed by atoms with van der Waals surface area (Å²) in [5.74, 6) is -0.220. The van der Waals surface area contributed by atoms with Crippen molar-refractivity contribution in [2.75, 3.05) is 13.2 Å². The monoisotopic (exact) mass is 375 g/mol. The number of hydrogen-bond donors (Lipinski definition) is 2. The van der Waals surface area contributed by atoms with Crippen molar-refractivity contribution in [3.8, 4) is 5.75 Å². The zero-order valence-corrected chi connectivity index (χ0v) is 16.8. The van der Waals surface area contributed by atoms with Crippen LogP contribution in [0.4, 0.5) is 0 Å². The van der Waals surface area contributed by atoms with Gasteiger partial charge in [0.25, 0.3) is 0 Å². The van der Waals surface area contributed by atoms with Gasteiger partial charge >= 0.3 is 5.97 Å². The lowest BCUT2D eigenvalue weighted by Crippen LogP contribution is -2.37. The van der Waals surface area contributed by atoms with E-state index in [0.29, 0.717) is 26.0 Å². The highest BCUT2D eigenvalue weighted by atomic mass is 16.5. The van der Waals surface area contributed by atoms with Crippen LogP contribution in [0, 0.1) is 11.8 Å². The number of amides is 1. The summed E-state index contributed by atoms with van der Waals surface area (Å²) in [6.45, 7) is 7.47. The van der Waals surface area contributed by atoms with Gasteiger partial charge in [-0.15, -0.1) is 0 Å². The number of rotatable bonds is 8. The van der Waals surface area contributed by atoms with Gasteiger partial charge in [-0.3, -0.25) is 9.59 Å². The molecule has 2 rings (SSSR count). The van der Waals surface area contributed by atoms with Gasteiger partial charge in [0.15, 0.2) is 0 Å². The number of hydrogen-bond acceptors (Lipinski definition) is 3. The molecule has 0 heterocycles. The standard InChI is InChI=1S/C22H33NO4/c1-22(2,3)17-10-12-18(13-11-17)27-14-6-9-20(24)23-15-16-7-4-5-8-19(16)21(25)26/h10-13,16,19H,4-9,14-15H2,1-3H3,(H,23,24)(H,25,26)/t16-,19-/m0/s1. The Morgan fingerprint density at radius 1 is 1.15 bits per heavy atom. The summed E-state index contributed by atoms with van der Waals surface area (Å²) in [6, 6.07) is 8.09. The molecule has 1 aliphatic rings. The van der Waals surface area contributed by atoms with Crippen LogP contribution in [0.1, 0.15) is 64.9 Å². The number of ether oxygens (including phenoxy) is 1. The topological polar surface area (TPSA) is 75.6 Å². The predicted molar refractivity (Wildman–Crippen MR) is 106 cm³/mol. The number of carbonyl (C=O) groups is 2. The van der Waals surface area contributed by atoms with Crippen molar-refractivity contribution in [1.82, 2.24) is 5.32 Å². The first-order valence-electron chi connectivity index (χ1n) is 10.00. The molecule has 1 aromatic carbocycles. The molecule has 1 saturated carbocycles. The largest absolute Gasteiger partial charge is 0.494 e. The molecule has 0 aliphatic heterocycles. The average molecular weight is 376 g/mol. The molecule has 5 nitrogen and oxygen atoms in total. The second-order valence-corrected chi connectivity index (χ2v) is 8.52. The summed E-state index contributed by atoms with van der Waals surface area (Å²) in [7, 11) is 0. The molecule has 5 heteroatoms. The van der Waals surface area contributed by atoms with Gasteiger partial charge in [0.2, 0.25) is 5.91 Å². The van der Waals surface area contributed by atoms with Gasteiger partial charge in [-0.05, 0) is 48.3 Å². The van der Waals surface area contributed by atoms with Gasteiger partial charge in [0.1, 0.15) is 5.75 Å². The maximum absolute atomic E-state index is 12.0. The van der Waals surface area contributed by atoms with Gasteiger partial charge in [0.05, 0.1) is 12.5 Å². The Hall–Kier alpha value is -2.04. The second kappa shape index (κ2) is 9.77. The van der Waals surface area contributed by atoms with Crippen LogP contribution in [0.3, 0.4) is 0 Å². The van der Waals surface area contributed by atoms with E-state index >= 15 is 0 Å². The highest BCUT2D eigenvalue weighted by Crippen LogP contribution is 2.29. The summed E-state index contributed by atoms with van der Waals surface area (Å²) in [5, 5.41) is 12.2. The van der Waals surface area contributed by atoms with Crippen LogP contribution < -0.4 is 10.1 Å². The summed E-state index contributed by atoms with van der Waals surface area (Å²) in [5.41, 5.74) is 1.38. The average Bonchev–Trinajstić information content (AvgIpc) is 2.63. The lowest BCUT2D eigenvalue weighted by molar-refractivity contribution is -0.145.